The summed E-state index contributed by atoms with van der Waals surface area (Å²) in [7, 11) is 0. The Balaban J connectivity index is 1.77. The van der Waals surface area contributed by atoms with E-state index in [1.165, 1.54) is 0 Å². The molecule has 3 amide bonds. The molecule has 0 aromatic heterocycles. The monoisotopic (exact) mass is 485 g/mol. The van der Waals surface area contributed by atoms with Gasteiger partial charge in [-0.3, -0.25) is 14.4 Å². The number of aliphatic hydroxyl groups excluding tert-OH is 1. The van der Waals surface area contributed by atoms with E-state index in [2.05, 4.69) is 10.6 Å². The number of fused-ring (bicyclic) bond motifs is 1. The molecule has 3 atom stereocenters. The first kappa shape index (κ1) is 24.8. The summed E-state index contributed by atoms with van der Waals surface area (Å²) in [6, 6.07) is 7.01. The van der Waals surface area contributed by atoms with Crippen LogP contribution in [0.25, 0.3) is 0 Å². The van der Waals surface area contributed by atoms with Crippen molar-refractivity contribution in [1.29, 1.82) is 0 Å². The number of rotatable bonds is 7. The molecule has 4 rings (SSSR count). The van der Waals surface area contributed by atoms with Crippen molar-refractivity contribution in [3.8, 4) is 0 Å². The van der Waals surface area contributed by atoms with Crippen molar-refractivity contribution in [2.45, 2.75) is 51.2 Å². The van der Waals surface area contributed by atoms with Gasteiger partial charge in [-0.2, -0.15) is 0 Å². The number of halogens is 2. The van der Waals surface area contributed by atoms with Crippen LogP contribution in [0.15, 0.2) is 42.5 Å². The standard InChI is InChI=1S/C26H29F2N3O4/c1-14(2)9-21-24(33)30-22(17-10-15-5-3-4-6-16(15)11-17)26(35)31(21)23(25(34)29-13-32)19-8-7-18(27)12-20(19)28/h3-8,12,14,17,21-23,32H,9-11,13H2,1-2H3,(H,29,34)(H,30,33)/t21-,22?,23-/m1/s1. The third-order valence-corrected chi connectivity index (χ3v) is 6.74. The lowest BCUT2D eigenvalue weighted by Gasteiger charge is -2.44. The first-order chi connectivity index (χ1) is 16.7. The van der Waals surface area contributed by atoms with Gasteiger partial charge in [-0.15, -0.1) is 0 Å². The van der Waals surface area contributed by atoms with Gasteiger partial charge in [0.2, 0.25) is 17.7 Å². The fourth-order valence-electron chi connectivity index (χ4n) is 5.19. The number of benzene rings is 2. The molecule has 2 aromatic carbocycles. The molecular weight excluding hydrogens is 456 g/mol. The lowest BCUT2D eigenvalue weighted by molar-refractivity contribution is -0.158. The van der Waals surface area contributed by atoms with Crippen LogP contribution >= 0.6 is 0 Å². The van der Waals surface area contributed by atoms with Gasteiger partial charge in [-0.05, 0) is 48.3 Å². The number of carbonyl (C=O) groups excluding carboxylic acids is 3. The van der Waals surface area contributed by atoms with E-state index in [-0.39, 0.29) is 23.8 Å². The zero-order valence-corrected chi connectivity index (χ0v) is 19.6. The van der Waals surface area contributed by atoms with Gasteiger partial charge in [0.1, 0.15) is 36.5 Å². The first-order valence-electron chi connectivity index (χ1n) is 11.7. The van der Waals surface area contributed by atoms with Crippen molar-refractivity contribution < 1.29 is 28.3 Å². The van der Waals surface area contributed by atoms with E-state index in [4.69, 9.17) is 0 Å². The van der Waals surface area contributed by atoms with Crippen molar-refractivity contribution in [2.75, 3.05) is 6.73 Å². The summed E-state index contributed by atoms with van der Waals surface area (Å²) in [6.07, 6.45) is 1.39. The summed E-state index contributed by atoms with van der Waals surface area (Å²) >= 11 is 0. The maximum absolute atomic E-state index is 14.9. The van der Waals surface area contributed by atoms with Gasteiger partial charge in [-0.1, -0.05) is 44.2 Å². The van der Waals surface area contributed by atoms with Crippen LogP contribution in [-0.2, 0) is 27.2 Å². The zero-order chi connectivity index (χ0) is 25.3. The summed E-state index contributed by atoms with van der Waals surface area (Å²) < 4.78 is 28.6. The Hall–Kier alpha value is -3.33. The van der Waals surface area contributed by atoms with Crippen molar-refractivity contribution in [3.05, 3.63) is 70.8 Å². The Bertz CT molecular complexity index is 1110. The van der Waals surface area contributed by atoms with E-state index < -0.39 is 54.2 Å². The molecule has 35 heavy (non-hydrogen) atoms. The van der Waals surface area contributed by atoms with Gasteiger partial charge in [-0.25, -0.2) is 8.78 Å². The molecular formula is C26H29F2N3O4. The van der Waals surface area contributed by atoms with Gasteiger partial charge >= 0.3 is 0 Å². The molecule has 7 nitrogen and oxygen atoms in total. The van der Waals surface area contributed by atoms with Crippen LogP contribution in [0.3, 0.4) is 0 Å². The topological polar surface area (TPSA) is 98.7 Å². The second-order valence-corrected chi connectivity index (χ2v) is 9.58. The van der Waals surface area contributed by atoms with Crippen LogP contribution in [0.4, 0.5) is 8.78 Å². The second kappa shape index (κ2) is 10.1. The predicted octanol–water partition coefficient (Wildman–Crippen LogP) is 2.23. The van der Waals surface area contributed by atoms with Crippen LogP contribution < -0.4 is 10.6 Å². The molecule has 2 aliphatic rings. The normalized spacial score (nSPS) is 21.1. The lowest BCUT2D eigenvalue weighted by Crippen LogP contribution is -2.67. The Morgan fingerprint density at radius 3 is 2.37 bits per heavy atom. The van der Waals surface area contributed by atoms with E-state index in [1.807, 2.05) is 38.1 Å². The Kier molecular flexibility index (Phi) is 7.16. The molecule has 1 aliphatic heterocycles. The van der Waals surface area contributed by atoms with Gasteiger partial charge in [0.15, 0.2) is 0 Å². The highest BCUT2D eigenvalue weighted by Crippen LogP contribution is 2.36. The highest BCUT2D eigenvalue weighted by molar-refractivity contribution is 6.00. The smallest absolute Gasteiger partial charge is 0.249 e. The third-order valence-electron chi connectivity index (χ3n) is 6.74. The van der Waals surface area contributed by atoms with E-state index in [0.717, 1.165) is 28.2 Å². The molecule has 2 aromatic rings. The molecule has 0 spiro atoms. The molecule has 0 radical (unpaired) electrons. The van der Waals surface area contributed by atoms with Crippen molar-refractivity contribution in [1.82, 2.24) is 15.5 Å². The van der Waals surface area contributed by atoms with Gasteiger partial charge < -0.3 is 20.6 Å². The zero-order valence-electron chi connectivity index (χ0n) is 19.6. The number of aliphatic hydroxyl groups is 1. The van der Waals surface area contributed by atoms with E-state index in [9.17, 15) is 28.3 Å². The number of nitrogens with zero attached hydrogens (tertiary/aromatic N) is 1. The minimum atomic E-state index is -1.56. The van der Waals surface area contributed by atoms with E-state index in [0.29, 0.717) is 18.9 Å². The number of piperazine rings is 1. The molecule has 3 N–H and O–H groups in total. The van der Waals surface area contributed by atoms with Crippen LogP contribution in [0.1, 0.15) is 43.0 Å². The minimum absolute atomic E-state index is 0.0204. The van der Waals surface area contributed by atoms with Gasteiger partial charge in [0.25, 0.3) is 0 Å². The van der Waals surface area contributed by atoms with E-state index >= 15 is 0 Å². The lowest BCUT2D eigenvalue weighted by atomic mass is 9.88. The van der Waals surface area contributed by atoms with Crippen LogP contribution in [0, 0.1) is 23.5 Å². The Morgan fingerprint density at radius 1 is 1.14 bits per heavy atom. The Labute approximate surface area is 202 Å². The summed E-state index contributed by atoms with van der Waals surface area (Å²) in [4.78, 5) is 41.6. The highest BCUT2D eigenvalue weighted by Gasteiger charge is 2.49. The number of amides is 3. The largest absolute Gasteiger partial charge is 0.376 e. The molecule has 1 saturated heterocycles. The summed E-state index contributed by atoms with van der Waals surface area (Å²) in [5, 5.41) is 14.4. The summed E-state index contributed by atoms with van der Waals surface area (Å²) in [5.74, 6) is -3.90. The minimum Gasteiger partial charge on any atom is -0.376 e. The second-order valence-electron chi connectivity index (χ2n) is 9.58. The SMILES string of the molecule is CC(C)C[C@@H]1C(=O)NC(C2Cc3ccccc3C2)C(=O)N1[C@@H](C(=O)NCO)c1ccc(F)cc1F. The molecule has 1 fully saturated rings. The molecule has 1 heterocycles. The third kappa shape index (κ3) is 4.91. The van der Waals surface area contributed by atoms with Crippen molar-refractivity contribution >= 4 is 17.7 Å². The molecule has 0 saturated carbocycles. The molecule has 9 heteroatoms. The maximum atomic E-state index is 14.9. The Morgan fingerprint density at radius 2 is 1.80 bits per heavy atom. The fraction of sp³-hybridized carbons (Fsp3) is 0.423. The van der Waals surface area contributed by atoms with Crippen molar-refractivity contribution in [3.63, 3.8) is 0 Å². The van der Waals surface area contributed by atoms with Gasteiger partial charge in [0.05, 0.1) is 0 Å². The molecule has 1 unspecified atom stereocenters. The number of nitrogens with one attached hydrogen (secondary N) is 2. The molecule has 186 valence electrons. The summed E-state index contributed by atoms with van der Waals surface area (Å²) in [6.45, 7) is 3.00. The maximum Gasteiger partial charge on any atom is 0.249 e. The quantitative estimate of drug-likeness (QED) is 0.524. The highest BCUT2D eigenvalue weighted by atomic mass is 19.1. The van der Waals surface area contributed by atoms with Crippen LogP contribution in [0.2, 0.25) is 0 Å². The first-order valence-corrected chi connectivity index (χ1v) is 11.7. The van der Waals surface area contributed by atoms with Crippen LogP contribution in [-0.4, -0.2) is 46.5 Å². The molecule has 0 bridgehead atoms. The molecule has 1 aliphatic carbocycles. The number of hydrogen-bond donors (Lipinski definition) is 3. The van der Waals surface area contributed by atoms with Crippen molar-refractivity contribution in [2.24, 2.45) is 11.8 Å². The number of hydrogen-bond acceptors (Lipinski definition) is 4. The average Bonchev–Trinajstić information content (AvgIpc) is 3.23. The predicted molar refractivity (Wildman–Crippen MR) is 124 cm³/mol. The van der Waals surface area contributed by atoms with Gasteiger partial charge in [0, 0.05) is 11.6 Å². The average molecular weight is 486 g/mol. The fourth-order valence-corrected chi connectivity index (χ4v) is 5.19. The summed E-state index contributed by atoms with van der Waals surface area (Å²) in [5.41, 5.74) is 1.94. The van der Waals surface area contributed by atoms with E-state index in [1.54, 1.807) is 0 Å². The van der Waals surface area contributed by atoms with Crippen LogP contribution in [0.5, 0.6) is 0 Å². The number of carbonyl (C=O) groups is 3.